The van der Waals surface area contributed by atoms with Crippen molar-refractivity contribution in [3.63, 3.8) is 0 Å². The Labute approximate surface area is 104 Å². The lowest BCUT2D eigenvalue weighted by atomic mass is 10.0. The summed E-state index contributed by atoms with van der Waals surface area (Å²) in [6.45, 7) is 3.26. The van der Waals surface area contributed by atoms with Gasteiger partial charge in [0.1, 0.15) is 0 Å². The summed E-state index contributed by atoms with van der Waals surface area (Å²) < 4.78 is 2.08. The van der Waals surface area contributed by atoms with E-state index in [1.54, 1.807) is 0 Å². The lowest BCUT2D eigenvalue weighted by Gasteiger charge is -2.08. The molecule has 1 aromatic heterocycles. The first kappa shape index (κ1) is 11.3. The molecule has 0 saturated heterocycles. The maximum atomic E-state index is 12.0. The number of nitrogens with zero attached hydrogens (tertiary/aromatic N) is 1. The van der Waals surface area contributed by atoms with Crippen LogP contribution in [0.3, 0.4) is 0 Å². The Balaban J connectivity index is 2.32. The van der Waals surface area contributed by atoms with Crippen molar-refractivity contribution in [3.05, 3.63) is 35.5 Å². The Morgan fingerprint density at radius 3 is 3.11 bits per heavy atom. The van der Waals surface area contributed by atoms with E-state index >= 15 is 0 Å². The van der Waals surface area contributed by atoms with Gasteiger partial charge in [-0.3, -0.25) is 4.79 Å². The monoisotopic (exact) mass is 245 g/mol. The van der Waals surface area contributed by atoms with E-state index in [1.807, 2.05) is 31.3 Å². The van der Waals surface area contributed by atoms with Gasteiger partial charge in [0.2, 0.25) is 0 Å². The first-order valence-electron chi connectivity index (χ1n) is 6.02. The summed E-state index contributed by atoms with van der Waals surface area (Å²) in [5.41, 5.74) is 4.91. The van der Waals surface area contributed by atoms with E-state index in [1.165, 1.54) is 0 Å². The fraction of sp³-hybridized carbons (Fsp3) is 0.308. The van der Waals surface area contributed by atoms with Crippen LogP contribution in [0.4, 0.5) is 0 Å². The standard InChI is InChI=1S/C13H15N3O2/c1-8(15-18)11-7-16-6-5-14-13(17)10-4-2-3-9(11)12(10)16/h2-4,7-8,15,18H,5-6H2,1H3,(H,14,17). The number of hydrogen-bond donors (Lipinski definition) is 3. The number of amides is 1. The third-order valence-corrected chi connectivity index (χ3v) is 3.47. The van der Waals surface area contributed by atoms with Gasteiger partial charge in [-0.25, -0.2) is 0 Å². The number of carbonyl (C=O) groups is 1. The second kappa shape index (κ2) is 4.12. The zero-order valence-corrected chi connectivity index (χ0v) is 10.1. The van der Waals surface area contributed by atoms with Crippen LogP contribution < -0.4 is 10.8 Å². The molecule has 1 unspecified atom stereocenters. The van der Waals surface area contributed by atoms with Gasteiger partial charge in [0.15, 0.2) is 0 Å². The lowest BCUT2D eigenvalue weighted by molar-refractivity contribution is 0.0956. The number of carbonyl (C=O) groups excluding carboxylic acids is 1. The second-order valence-corrected chi connectivity index (χ2v) is 4.59. The SMILES string of the molecule is CC(NO)c1cn2c3c(cccc13)C(=O)NCC2. The Bertz CT molecular complexity index is 618. The molecule has 1 amide bonds. The molecule has 1 aromatic carbocycles. The van der Waals surface area contributed by atoms with E-state index in [-0.39, 0.29) is 11.9 Å². The third-order valence-electron chi connectivity index (χ3n) is 3.47. The van der Waals surface area contributed by atoms with Gasteiger partial charge in [0.05, 0.1) is 17.1 Å². The minimum absolute atomic E-state index is 0.0337. The molecule has 3 rings (SSSR count). The predicted octanol–water partition coefficient (Wildman–Crippen LogP) is 1.42. The van der Waals surface area contributed by atoms with Gasteiger partial charge < -0.3 is 15.1 Å². The first-order valence-corrected chi connectivity index (χ1v) is 6.02. The number of hydroxylamine groups is 1. The summed E-state index contributed by atoms with van der Waals surface area (Å²) in [7, 11) is 0. The van der Waals surface area contributed by atoms with Crippen LogP contribution >= 0.6 is 0 Å². The van der Waals surface area contributed by atoms with Crippen molar-refractivity contribution in [1.82, 2.24) is 15.4 Å². The summed E-state index contributed by atoms with van der Waals surface area (Å²) in [5.74, 6) is -0.0337. The van der Waals surface area contributed by atoms with E-state index in [9.17, 15) is 4.79 Å². The van der Waals surface area contributed by atoms with E-state index < -0.39 is 0 Å². The molecular formula is C13H15N3O2. The molecule has 94 valence electrons. The quantitative estimate of drug-likeness (QED) is 0.701. The summed E-state index contributed by atoms with van der Waals surface area (Å²) in [5, 5.41) is 13.0. The highest BCUT2D eigenvalue weighted by Crippen LogP contribution is 2.29. The molecule has 2 heterocycles. The number of aromatic nitrogens is 1. The van der Waals surface area contributed by atoms with Gasteiger partial charge >= 0.3 is 0 Å². The molecule has 0 bridgehead atoms. The van der Waals surface area contributed by atoms with Crippen molar-refractivity contribution in [2.45, 2.75) is 19.5 Å². The average molecular weight is 245 g/mol. The van der Waals surface area contributed by atoms with Crippen molar-refractivity contribution < 1.29 is 10.0 Å². The summed E-state index contributed by atoms with van der Waals surface area (Å²) in [4.78, 5) is 12.0. The minimum atomic E-state index is -0.161. The highest BCUT2D eigenvalue weighted by Gasteiger charge is 2.21. The number of rotatable bonds is 2. The smallest absolute Gasteiger partial charge is 0.253 e. The van der Waals surface area contributed by atoms with Crippen LogP contribution in [0.15, 0.2) is 24.4 Å². The van der Waals surface area contributed by atoms with Crippen LogP contribution in [0, 0.1) is 0 Å². The van der Waals surface area contributed by atoms with Gasteiger partial charge in [-0.15, -0.1) is 0 Å². The van der Waals surface area contributed by atoms with E-state index in [4.69, 9.17) is 5.21 Å². The molecule has 0 fully saturated rings. The molecule has 1 atom stereocenters. The van der Waals surface area contributed by atoms with Crippen LogP contribution in [0.1, 0.15) is 28.9 Å². The molecule has 5 nitrogen and oxygen atoms in total. The molecule has 0 aliphatic carbocycles. The zero-order chi connectivity index (χ0) is 12.7. The Kier molecular flexibility index (Phi) is 2.57. The van der Waals surface area contributed by atoms with E-state index in [0.717, 1.165) is 23.0 Å². The Morgan fingerprint density at radius 2 is 2.33 bits per heavy atom. The van der Waals surface area contributed by atoms with Crippen LogP contribution in [-0.4, -0.2) is 22.2 Å². The van der Waals surface area contributed by atoms with E-state index in [0.29, 0.717) is 12.1 Å². The third kappa shape index (κ3) is 1.52. The minimum Gasteiger partial charge on any atom is -0.350 e. The van der Waals surface area contributed by atoms with Crippen molar-refractivity contribution in [2.24, 2.45) is 0 Å². The number of nitrogens with one attached hydrogen (secondary N) is 2. The number of hydrogen-bond acceptors (Lipinski definition) is 3. The topological polar surface area (TPSA) is 66.3 Å². The zero-order valence-electron chi connectivity index (χ0n) is 10.1. The maximum Gasteiger partial charge on any atom is 0.253 e. The summed E-state index contributed by atoms with van der Waals surface area (Å²) in [6, 6.07) is 5.53. The highest BCUT2D eigenvalue weighted by atomic mass is 16.5. The molecule has 0 spiro atoms. The molecular weight excluding hydrogens is 230 g/mol. The molecule has 1 aliphatic rings. The fourth-order valence-electron chi connectivity index (χ4n) is 2.55. The van der Waals surface area contributed by atoms with Crippen LogP contribution in [0.2, 0.25) is 0 Å². The predicted molar refractivity (Wildman–Crippen MR) is 67.6 cm³/mol. The number of para-hydroxylation sites is 1. The van der Waals surface area contributed by atoms with Crippen LogP contribution in [-0.2, 0) is 6.54 Å². The van der Waals surface area contributed by atoms with Crippen LogP contribution in [0.5, 0.6) is 0 Å². The summed E-state index contributed by atoms with van der Waals surface area (Å²) >= 11 is 0. The van der Waals surface area contributed by atoms with E-state index in [2.05, 4.69) is 15.4 Å². The van der Waals surface area contributed by atoms with Gasteiger partial charge in [-0.05, 0) is 18.6 Å². The molecule has 2 aromatic rings. The maximum absolute atomic E-state index is 12.0. The average Bonchev–Trinajstić information content (AvgIpc) is 2.68. The Hall–Kier alpha value is -1.85. The first-order chi connectivity index (χ1) is 8.72. The molecule has 0 saturated carbocycles. The fourth-order valence-corrected chi connectivity index (χ4v) is 2.55. The summed E-state index contributed by atoms with van der Waals surface area (Å²) in [6.07, 6.45) is 2.00. The van der Waals surface area contributed by atoms with Gasteiger partial charge in [-0.2, -0.15) is 5.48 Å². The molecule has 3 N–H and O–H groups in total. The molecule has 5 heteroatoms. The lowest BCUT2D eigenvalue weighted by Crippen LogP contribution is -2.24. The van der Waals surface area contributed by atoms with Crippen molar-refractivity contribution >= 4 is 16.8 Å². The van der Waals surface area contributed by atoms with Crippen molar-refractivity contribution in [2.75, 3.05) is 6.54 Å². The largest absolute Gasteiger partial charge is 0.350 e. The van der Waals surface area contributed by atoms with Crippen LogP contribution in [0.25, 0.3) is 10.9 Å². The normalized spacial score (nSPS) is 16.4. The number of benzene rings is 1. The van der Waals surface area contributed by atoms with Gasteiger partial charge in [0, 0.05) is 24.7 Å². The van der Waals surface area contributed by atoms with Gasteiger partial charge in [-0.1, -0.05) is 12.1 Å². The molecule has 18 heavy (non-hydrogen) atoms. The Morgan fingerprint density at radius 1 is 1.50 bits per heavy atom. The molecule has 1 aliphatic heterocycles. The van der Waals surface area contributed by atoms with Crippen molar-refractivity contribution in [1.29, 1.82) is 0 Å². The van der Waals surface area contributed by atoms with Crippen molar-refractivity contribution in [3.8, 4) is 0 Å². The molecule has 0 radical (unpaired) electrons. The van der Waals surface area contributed by atoms with Gasteiger partial charge in [0.25, 0.3) is 5.91 Å². The highest BCUT2D eigenvalue weighted by molar-refractivity contribution is 6.07. The second-order valence-electron chi connectivity index (χ2n) is 4.59.